The maximum atomic E-state index is 5.41. The van der Waals surface area contributed by atoms with Crippen molar-refractivity contribution < 1.29 is 0 Å². The highest BCUT2D eigenvalue weighted by Crippen LogP contribution is 2.63. The summed E-state index contributed by atoms with van der Waals surface area (Å²) < 4.78 is 0. The van der Waals surface area contributed by atoms with Crippen LogP contribution in [-0.2, 0) is 10.8 Å². The fourth-order valence-electron chi connectivity index (χ4n) is 10.3. The van der Waals surface area contributed by atoms with Crippen LogP contribution in [0.1, 0.15) is 59.7 Å². The van der Waals surface area contributed by atoms with Gasteiger partial charge in [0, 0.05) is 28.0 Å². The Morgan fingerprint density at radius 1 is 0.509 bits per heavy atom. The van der Waals surface area contributed by atoms with E-state index >= 15 is 0 Å². The molecule has 2 atom stereocenters. The molecular formula is C55H42N2. The van der Waals surface area contributed by atoms with E-state index in [1.54, 1.807) is 0 Å². The maximum Gasteiger partial charge on any atom is 0.160 e. The smallest absolute Gasteiger partial charge is 0.160 e. The first-order valence-corrected chi connectivity index (χ1v) is 20.2. The van der Waals surface area contributed by atoms with Gasteiger partial charge in [-0.25, -0.2) is 9.97 Å². The molecule has 2 unspecified atom stereocenters. The van der Waals surface area contributed by atoms with Gasteiger partial charge in [-0.2, -0.15) is 0 Å². The molecule has 6 aromatic carbocycles. The van der Waals surface area contributed by atoms with E-state index < -0.39 is 5.41 Å². The van der Waals surface area contributed by atoms with Crippen molar-refractivity contribution in [3.63, 3.8) is 0 Å². The third-order valence-electron chi connectivity index (χ3n) is 13.1. The van der Waals surface area contributed by atoms with Gasteiger partial charge in [0.2, 0.25) is 0 Å². The van der Waals surface area contributed by atoms with Gasteiger partial charge in [0.1, 0.15) is 0 Å². The minimum absolute atomic E-state index is 0.172. The van der Waals surface area contributed by atoms with Gasteiger partial charge in [-0.05, 0) is 79.3 Å². The fraction of sp³-hybridized carbons (Fsp3) is 0.127. The molecule has 0 saturated heterocycles. The van der Waals surface area contributed by atoms with Gasteiger partial charge in [0.05, 0.1) is 16.8 Å². The van der Waals surface area contributed by atoms with Crippen molar-refractivity contribution in [3.8, 4) is 45.0 Å². The summed E-state index contributed by atoms with van der Waals surface area (Å²) in [6.07, 6.45) is 14.0. The second-order valence-electron chi connectivity index (χ2n) is 16.5. The van der Waals surface area contributed by atoms with Crippen LogP contribution >= 0.6 is 0 Å². The third kappa shape index (κ3) is 4.96. The number of aromatic nitrogens is 2. The summed E-state index contributed by atoms with van der Waals surface area (Å²) in [4.78, 5) is 10.6. The number of allylic oxidation sites excluding steroid dienone is 8. The summed E-state index contributed by atoms with van der Waals surface area (Å²) in [6, 6.07) is 55.6. The molecule has 7 aromatic rings. The number of hydrogen-bond acceptors (Lipinski definition) is 2. The average Bonchev–Trinajstić information content (AvgIpc) is 3.56. The second-order valence-corrected chi connectivity index (χ2v) is 16.5. The third-order valence-corrected chi connectivity index (χ3v) is 13.1. The standard InChI is InChI=1S/C55H42N2/c1-35-16-14-21-40-32-38(28-30-41(35)40)39-29-31-44-43(33-39)52-42(51-34-50(36-17-6-4-7-18-36)56-53(57-51)37-19-8-5-9-20-37)22-15-27-49(52)55(44)47-25-12-10-23-45(47)54(2,3)46-24-11-13-26-48(46)55/h4-35,41H,1-3H3. The van der Waals surface area contributed by atoms with Crippen LogP contribution in [0.3, 0.4) is 0 Å². The summed E-state index contributed by atoms with van der Waals surface area (Å²) in [5.74, 6) is 1.62. The number of rotatable bonds is 4. The minimum atomic E-state index is -0.520. The Hall–Kier alpha value is -6.64. The zero-order valence-electron chi connectivity index (χ0n) is 32.4. The Bertz CT molecular complexity index is 2780. The highest BCUT2D eigenvalue weighted by Gasteiger charge is 2.53. The van der Waals surface area contributed by atoms with E-state index in [-0.39, 0.29) is 5.41 Å². The van der Waals surface area contributed by atoms with Gasteiger partial charge in [-0.1, -0.05) is 197 Å². The lowest BCUT2D eigenvalue weighted by Gasteiger charge is -2.46. The Labute approximate surface area is 335 Å². The molecule has 4 aliphatic carbocycles. The summed E-state index contributed by atoms with van der Waals surface area (Å²) in [6.45, 7) is 7.08. The van der Waals surface area contributed by atoms with Crippen molar-refractivity contribution in [3.05, 3.63) is 233 Å². The quantitative estimate of drug-likeness (QED) is 0.180. The van der Waals surface area contributed by atoms with Gasteiger partial charge in [0.25, 0.3) is 0 Å². The van der Waals surface area contributed by atoms with Crippen LogP contribution in [0.4, 0.5) is 0 Å². The molecule has 1 spiro atoms. The zero-order valence-corrected chi connectivity index (χ0v) is 32.4. The summed E-state index contributed by atoms with van der Waals surface area (Å²) >= 11 is 0. The van der Waals surface area contributed by atoms with E-state index in [2.05, 4.69) is 203 Å². The number of fused-ring (bicyclic) bond motifs is 10. The molecule has 0 N–H and O–H groups in total. The summed E-state index contributed by atoms with van der Waals surface area (Å²) in [5.41, 5.74) is 18.7. The molecule has 0 bridgehead atoms. The molecule has 272 valence electrons. The molecule has 0 radical (unpaired) electrons. The minimum Gasteiger partial charge on any atom is -0.228 e. The van der Waals surface area contributed by atoms with Gasteiger partial charge >= 0.3 is 0 Å². The van der Waals surface area contributed by atoms with E-state index in [9.17, 15) is 0 Å². The highest BCUT2D eigenvalue weighted by atomic mass is 14.9. The molecule has 1 heterocycles. The number of benzene rings is 6. The predicted molar refractivity (Wildman–Crippen MR) is 235 cm³/mol. The van der Waals surface area contributed by atoms with Crippen LogP contribution < -0.4 is 0 Å². The van der Waals surface area contributed by atoms with Crippen molar-refractivity contribution in [1.29, 1.82) is 0 Å². The SMILES string of the molecule is CC1C=CC=C2C=C(c3ccc4c(c3)-c3c(-c5cc(-c6ccccc6)nc(-c6ccccc6)n5)cccc3C43c4ccccc4C(C)(C)c4ccccc43)C=CC21. The van der Waals surface area contributed by atoms with Crippen LogP contribution in [0.5, 0.6) is 0 Å². The Morgan fingerprint density at radius 2 is 1.14 bits per heavy atom. The van der Waals surface area contributed by atoms with Crippen molar-refractivity contribution in [1.82, 2.24) is 9.97 Å². The van der Waals surface area contributed by atoms with Gasteiger partial charge in [-0.3, -0.25) is 0 Å². The Morgan fingerprint density at radius 3 is 1.86 bits per heavy atom. The second kappa shape index (κ2) is 12.7. The first kappa shape index (κ1) is 33.7. The average molecular weight is 731 g/mol. The van der Waals surface area contributed by atoms with E-state index in [1.165, 1.54) is 61.2 Å². The molecule has 57 heavy (non-hydrogen) atoms. The Balaban J connectivity index is 1.22. The molecule has 0 fully saturated rings. The summed E-state index contributed by atoms with van der Waals surface area (Å²) in [5, 5.41) is 0. The van der Waals surface area contributed by atoms with Crippen molar-refractivity contribution in [2.45, 2.75) is 31.6 Å². The van der Waals surface area contributed by atoms with E-state index in [1.807, 2.05) is 6.07 Å². The molecule has 4 aliphatic rings. The predicted octanol–water partition coefficient (Wildman–Crippen LogP) is 13.2. The van der Waals surface area contributed by atoms with Crippen molar-refractivity contribution in [2.75, 3.05) is 0 Å². The molecule has 0 aliphatic heterocycles. The molecular weight excluding hydrogens is 689 g/mol. The van der Waals surface area contributed by atoms with Crippen molar-refractivity contribution >= 4 is 5.57 Å². The van der Waals surface area contributed by atoms with E-state index in [0.29, 0.717) is 11.8 Å². The van der Waals surface area contributed by atoms with Crippen LogP contribution in [0, 0.1) is 11.8 Å². The van der Waals surface area contributed by atoms with Crippen LogP contribution in [-0.4, -0.2) is 9.97 Å². The lowest BCUT2D eigenvalue weighted by atomic mass is 9.55. The van der Waals surface area contributed by atoms with Crippen LogP contribution in [0.2, 0.25) is 0 Å². The van der Waals surface area contributed by atoms with E-state index in [4.69, 9.17) is 9.97 Å². The van der Waals surface area contributed by atoms with Gasteiger partial charge in [0.15, 0.2) is 5.82 Å². The maximum absolute atomic E-state index is 5.41. The lowest BCUT2D eigenvalue weighted by molar-refractivity contribution is 0.563. The zero-order chi connectivity index (χ0) is 38.3. The largest absolute Gasteiger partial charge is 0.228 e. The normalized spacial score (nSPS) is 18.8. The lowest BCUT2D eigenvalue weighted by Crippen LogP contribution is -2.40. The van der Waals surface area contributed by atoms with Gasteiger partial charge < -0.3 is 0 Å². The molecule has 2 heteroatoms. The molecule has 11 rings (SSSR count). The Kier molecular flexibility index (Phi) is 7.50. The van der Waals surface area contributed by atoms with Crippen molar-refractivity contribution in [2.24, 2.45) is 11.8 Å². The molecule has 1 aromatic heterocycles. The first-order chi connectivity index (χ1) is 27.9. The highest BCUT2D eigenvalue weighted by molar-refractivity contribution is 5.98. The molecule has 2 nitrogen and oxygen atoms in total. The topological polar surface area (TPSA) is 25.8 Å². The number of nitrogens with zero attached hydrogens (tertiary/aromatic N) is 2. The first-order valence-electron chi connectivity index (χ1n) is 20.2. The van der Waals surface area contributed by atoms with Gasteiger partial charge in [-0.15, -0.1) is 0 Å². The fourth-order valence-corrected chi connectivity index (χ4v) is 10.3. The summed E-state index contributed by atoms with van der Waals surface area (Å²) in [7, 11) is 0. The van der Waals surface area contributed by atoms with Crippen LogP contribution in [0.15, 0.2) is 194 Å². The van der Waals surface area contributed by atoms with E-state index in [0.717, 1.165) is 33.9 Å². The van der Waals surface area contributed by atoms with Crippen LogP contribution in [0.25, 0.3) is 50.6 Å². The molecule has 0 amide bonds. The monoisotopic (exact) mass is 730 g/mol. The number of hydrogen-bond donors (Lipinski definition) is 0. The molecule has 0 saturated carbocycles.